The largest absolute Gasteiger partial charge is 0.391 e. The van der Waals surface area contributed by atoms with Gasteiger partial charge in [-0.15, -0.1) is 0 Å². The second-order valence-electron chi connectivity index (χ2n) is 7.06. The highest BCUT2D eigenvalue weighted by molar-refractivity contribution is 5.85. The summed E-state index contributed by atoms with van der Waals surface area (Å²) < 4.78 is 0. The minimum absolute atomic E-state index is 0.171. The molecule has 0 unspecified atom stereocenters. The Bertz CT molecular complexity index is 856. The molecular weight excluding hydrogens is 342 g/mol. The second kappa shape index (κ2) is 7.92. The maximum absolute atomic E-state index is 11.9. The van der Waals surface area contributed by atoms with E-state index in [0.717, 1.165) is 68.2 Å². The highest BCUT2D eigenvalue weighted by atomic mass is 16.6. The summed E-state index contributed by atoms with van der Waals surface area (Å²) in [6, 6.07) is 11.6. The zero-order valence-electron chi connectivity index (χ0n) is 15.6. The van der Waals surface area contributed by atoms with E-state index in [2.05, 4.69) is 32.1 Å². The smallest absolute Gasteiger partial charge is 0.266 e. The van der Waals surface area contributed by atoms with Crippen LogP contribution in [0.4, 0.5) is 5.69 Å². The number of oxime groups is 1. The average molecular weight is 367 g/mol. The molecule has 1 N–H and O–H groups in total. The number of hydrogen-bond donors (Lipinski definition) is 1. The van der Waals surface area contributed by atoms with Crippen LogP contribution in [0.1, 0.15) is 19.8 Å². The lowest BCUT2D eigenvalue weighted by atomic mass is 10.1. The Balaban J connectivity index is 1.43. The molecule has 4 rings (SSSR count). The van der Waals surface area contributed by atoms with E-state index in [1.54, 1.807) is 6.07 Å². The molecule has 1 fully saturated rings. The molecule has 0 spiro atoms. The maximum Gasteiger partial charge on any atom is 0.266 e. The zero-order chi connectivity index (χ0) is 18.6. The lowest BCUT2D eigenvalue weighted by Gasteiger charge is -2.37. The molecule has 0 bridgehead atoms. The van der Waals surface area contributed by atoms with Crippen molar-refractivity contribution in [2.45, 2.75) is 25.9 Å². The van der Waals surface area contributed by atoms with Gasteiger partial charge in [-0.25, -0.2) is 5.10 Å². The minimum atomic E-state index is -0.171. The molecule has 0 radical (unpaired) electrons. The lowest BCUT2D eigenvalue weighted by Crippen LogP contribution is -2.49. The maximum atomic E-state index is 11.9. The van der Waals surface area contributed by atoms with Gasteiger partial charge in [0.2, 0.25) is 0 Å². The van der Waals surface area contributed by atoms with Crippen molar-refractivity contribution in [3.63, 3.8) is 0 Å². The Morgan fingerprint density at radius 3 is 2.67 bits per heavy atom. The van der Waals surface area contributed by atoms with E-state index in [4.69, 9.17) is 4.84 Å². The number of aromatic amines is 1. The first-order valence-electron chi connectivity index (χ1n) is 9.57. The van der Waals surface area contributed by atoms with Crippen LogP contribution in [0.5, 0.6) is 0 Å². The number of rotatable bonds is 5. The van der Waals surface area contributed by atoms with Crippen molar-refractivity contribution in [2.75, 3.05) is 37.6 Å². The van der Waals surface area contributed by atoms with Crippen molar-refractivity contribution in [1.82, 2.24) is 15.1 Å². The normalized spacial score (nSPS) is 20.4. The lowest BCUT2D eigenvalue weighted by molar-refractivity contribution is 0.0510. The van der Waals surface area contributed by atoms with E-state index in [1.807, 2.05) is 30.3 Å². The summed E-state index contributed by atoms with van der Waals surface area (Å²) in [5.74, 6) is 0. The fraction of sp³-hybridized carbons (Fsp3) is 0.450. The van der Waals surface area contributed by atoms with Crippen LogP contribution >= 0.6 is 0 Å². The van der Waals surface area contributed by atoms with E-state index in [1.165, 1.54) is 0 Å². The van der Waals surface area contributed by atoms with Gasteiger partial charge < -0.3 is 9.74 Å². The number of piperazine rings is 1. The van der Waals surface area contributed by atoms with Gasteiger partial charge in [0.15, 0.2) is 0 Å². The molecule has 0 amide bonds. The molecule has 7 nitrogen and oxygen atoms in total. The number of aromatic nitrogens is 2. The van der Waals surface area contributed by atoms with E-state index < -0.39 is 0 Å². The molecule has 1 aromatic carbocycles. The first kappa shape index (κ1) is 17.7. The van der Waals surface area contributed by atoms with Crippen LogP contribution in [-0.4, -0.2) is 59.6 Å². The molecule has 2 aliphatic rings. The summed E-state index contributed by atoms with van der Waals surface area (Å²) in [5, 5.41) is 11.0. The van der Waals surface area contributed by atoms with Crippen molar-refractivity contribution in [3.05, 3.63) is 46.8 Å². The highest BCUT2D eigenvalue weighted by Gasteiger charge is 2.26. The Hall–Kier alpha value is -2.67. The third-order valence-corrected chi connectivity index (χ3v) is 5.21. The Kier molecular flexibility index (Phi) is 5.20. The number of H-pyrrole nitrogens is 1. The molecule has 2 aromatic rings. The van der Waals surface area contributed by atoms with E-state index >= 15 is 0 Å². The monoisotopic (exact) mass is 367 g/mol. The summed E-state index contributed by atoms with van der Waals surface area (Å²) >= 11 is 0. The van der Waals surface area contributed by atoms with E-state index in [9.17, 15) is 4.79 Å². The Labute approximate surface area is 158 Å². The molecular formula is C20H25N5O2. The summed E-state index contributed by atoms with van der Waals surface area (Å²) in [5.41, 5.74) is 3.72. The SMILES string of the molecule is CCC1=NO[C@@H](CN2CCN(c3cc(=O)[nH]nc3-c3ccccc3)CC2)C1. The van der Waals surface area contributed by atoms with Crippen LogP contribution in [0, 0.1) is 0 Å². The summed E-state index contributed by atoms with van der Waals surface area (Å²) in [6.07, 6.45) is 2.07. The van der Waals surface area contributed by atoms with Gasteiger partial charge in [0.25, 0.3) is 5.56 Å². The van der Waals surface area contributed by atoms with Crippen LogP contribution in [0.2, 0.25) is 0 Å². The van der Waals surface area contributed by atoms with Crippen molar-refractivity contribution in [1.29, 1.82) is 0 Å². The van der Waals surface area contributed by atoms with Crippen molar-refractivity contribution >= 4 is 11.4 Å². The average Bonchev–Trinajstić information content (AvgIpc) is 3.17. The Morgan fingerprint density at radius 2 is 1.96 bits per heavy atom. The molecule has 2 aliphatic heterocycles. The molecule has 0 saturated carbocycles. The highest BCUT2D eigenvalue weighted by Crippen LogP contribution is 2.28. The van der Waals surface area contributed by atoms with Gasteiger partial charge in [-0.1, -0.05) is 42.4 Å². The van der Waals surface area contributed by atoms with Crippen LogP contribution < -0.4 is 10.5 Å². The van der Waals surface area contributed by atoms with Gasteiger partial charge in [-0.05, 0) is 6.42 Å². The predicted octanol–water partition coefficient (Wildman–Crippen LogP) is 2.11. The standard InChI is InChI=1S/C20H25N5O2/c1-2-16-12-17(27-23-16)14-24-8-10-25(11-9-24)18-13-19(26)21-22-20(18)15-6-4-3-5-7-15/h3-7,13,17H,2,8-12,14H2,1H3,(H,21,26)/t17-/m1/s1. The molecule has 142 valence electrons. The number of anilines is 1. The number of hydrogen-bond acceptors (Lipinski definition) is 6. The Morgan fingerprint density at radius 1 is 1.19 bits per heavy atom. The molecule has 1 aromatic heterocycles. The van der Waals surface area contributed by atoms with Gasteiger partial charge in [0.1, 0.15) is 11.8 Å². The van der Waals surface area contributed by atoms with E-state index in [0.29, 0.717) is 0 Å². The summed E-state index contributed by atoms with van der Waals surface area (Å²) in [7, 11) is 0. The van der Waals surface area contributed by atoms with Crippen molar-refractivity contribution < 1.29 is 4.84 Å². The van der Waals surface area contributed by atoms with Crippen molar-refractivity contribution in [3.8, 4) is 11.3 Å². The molecule has 0 aliphatic carbocycles. The van der Waals surface area contributed by atoms with Gasteiger partial charge in [0.05, 0.1) is 11.4 Å². The van der Waals surface area contributed by atoms with Crippen LogP contribution in [0.15, 0.2) is 46.3 Å². The first-order chi connectivity index (χ1) is 13.2. The third kappa shape index (κ3) is 4.03. The van der Waals surface area contributed by atoms with Gasteiger partial charge in [0, 0.05) is 50.8 Å². The first-order valence-corrected chi connectivity index (χ1v) is 9.57. The fourth-order valence-electron chi connectivity index (χ4n) is 3.70. The summed E-state index contributed by atoms with van der Waals surface area (Å²) in [4.78, 5) is 22.1. The van der Waals surface area contributed by atoms with Crippen LogP contribution in [0.25, 0.3) is 11.3 Å². The van der Waals surface area contributed by atoms with Crippen LogP contribution in [-0.2, 0) is 4.84 Å². The number of nitrogens with zero attached hydrogens (tertiary/aromatic N) is 4. The summed E-state index contributed by atoms with van der Waals surface area (Å²) in [6.45, 7) is 6.60. The third-order valence-electron chi connectivity index (χ3n) is 5.21. The quantitative estimate of drug-likeness (QED) is 0.876. The zero-order valence-corrected chi connectivity index (χ0v) is 15.6. The number of benzene rings is 1. The molecule has 1 atom stereocenters. The molecule has 1 saturated heterocycles. The molecule has 7 heteroatoms. The van der Waals surface area contributed by atoms with Crippen molar-refractivity contribution in [2.24, 2.45) is 5.16 Å². The molecule has 27 heavy (non-hydrogen) atoms. The minimum Gasteiger partial charge on any atom is -0.391 e. The van der Waals surface area contributed by atoms with Gasteiger partial charge >= 0.3 is 0 Å². The predicted molar refractivity (Wildman–Crippen MR) is 106 cm³/mol. The fourth-order valence-corrected chi connectivity index (χ4v) is 3.70. The van der Waals surface area contributed by atoms with Gasteiger partial charge in [-0.3, -0.25) is 9.69 Å². The van der Waals surface area contributed by atoms with Gasteiger partial charge in [-0.2, -0.15) is 5.10 Å². The van der Waals surface area contributed by atoms with Crippen LogP contribution in [0.3, 0.4) is 0 Å². The molecule has 3 heterocycles. The topological polar surface area (TPSA) is 73.8 Å². The number of nitrogens with one attached hydrogen (secondary N) is 1. The van der Waals surface area contributed by atoms with E-state index in [-0.39, 0.29) is 11.7 Å². The second-order valence-corrected chi connectivity index (χ2v) is 7.06.